The first-order valence-corrected chi connectivity index (χ1v) is 13.4. The summed E-state index contributed by atoms with van der Waals surface area (Å²) < 4.78 is 14.9. The van der Waals surface area contributed by atoms with Crippen molar-refractivity contribution in [2.75, 3.05) is 30.3 Å². The van der Waals surface area contributed by atoms with Gasteiger partial charge in [-0.25, -0.2) is 0 Å². The van der Waals surface area contributed by atoms with Crippen molar-refractivity contribution in [3.05, 3.63) is 87.4 Å². The molecule has 7 nitrogen and oxygen atoms in total. The van der Waals surface area contributed by atoms with Crippen LogP contribution in [-0.4, -0.2) is 50.5 Å². The molecule has 3 heterocycles. The Balaban J connectivity index is 1.40. The number of nitrogens with zero attached hydrogens (tertiary/aromatic N) is 4. The second-order valence-electron chi connectivity index (χ2n) is 8.24. The van der Waals surface area contributed by atoms with E-state index in [9.17, 15) is 14.1 Å². The van der Waals surface area contributed by atoms with Crippen LogP contribution in [0.2, 0.25) is 5.28 Å². The Bertz CT molecular complexity index is 1390. The number of fused-ring (bicyclic) bond motifs is 1. The van der Waals surface area contributed by atoms with E-state index in [-0.39, 0.29) is 16.7 Å². The van der Waals surface area contributed by atoms with Crippen molar-refractivity contribution in [2.45, 2.75) is 6.42 Å². The van der Waals surface area contributed by atoms with Crippen molar-refractivity contribution in [1.82, 2.24) is 20.2 Å². The van der Waals surface area contributed by atoms with E-state index in [1.165, 1.54) is 6.07 Å². The number of hydrogen-bond donors (Lipinski definition) is 2. The molecule has 0 bridgehead atoms. The molecule has 170 valence electrons. The van der Waals surface area contributed by atoms with Gasteiger partial charge in [0.15, 0.2) is 0 Å². The van der Waals surface area contributed by atoms with Crippen molar-refractivity contribution >= 4 is 41.0 Å². The molecule has 1 fully saturated rings. The van der Waals surface area contributed by atoms with Crippen LogP contribution in [0.15, 0.2) is 59.5 Å². The van der Waals surface area contributed by atoms with Gasteiger partial charge in [-0.1, -0.05) is 0 Å². The van der Waals surface area contributed by atoms with Crippen LogP contribution >= 0.6 is 19.1 Å². The SMILES string of the molecule is O=c1[nH]nc(Cc2ccc(F)c([PH]3(O)CCN(c4ccnc(Cl)n4)CC3)c2)c2ccccc12. The van der Waals surface area contributed by atoms with E-state index < -0.39 is 7.49 Å². The van der Waals surface area contributed by atoms with Crippen LogP contribution in [0.5, 0.6) is 0 Å². The van der Waals surface area contributed by atoms with Gasteiger partial charge < -0.3 is 0 Å². The van der Waals surface area contributed by atoms with Gasteiger partial charge in [-0.3, -0.25) is 0 Å². The van der Waals surface area contributed by atoms with Crippen molar-refractivity contribution < 1.29 is 9.28 Å². The Morgan fingerprint density at radius 1 is 1.12 bits per heavy atom. The first-order chi connectivity index (χ1) is 15.9. The molecule has 0 unspecified atom stereocenters. The van der Waals surface area contributed by atoms with E-state index in [0.717, 1.165) is 10.9 Å². The van der Waals surface area contributed by atoms with Crippen LogP contribution in [0, 0.1) is 5.82 Å². The molecule has 33 heavy (non-hydrogen) atoms. The van der Waals surface area contributed by atoms with Gasteiger partial charge in [-0.2, -0.15) is 0 Å². The third-order valence-corrected chi connectivity index (χ3v) is 9.87. The third kappa shape index (κ3) is 4.34. The standard InChI is InChI=1S/C23H22ClFN5O2P/c24-23-26-8-7-21(27-23)30-9-11-33(32,12-10-30)20-14-15(5-6-18(20)25)13-19-16-3-1-2-4-17(16)22(31)29-28-19/h1-8,14,32-33H,9-13H2,(H,29,31). The molecule has 2 aromatic carbocycles. The molecule has 1 aliphatic heterocycles. The zero-order valence-corrected chi connectivity index (χ0v) is 19.4. The summed E-state index contributed by atoms with van der Waals surface area (Å²) >= 11 is 5.90. The molecule has 10 heteroatoms. The van der Waals surface area contributed by atoms with Crippen molar-refractivity contribution in [2.24, 2.45) is 0 Å². The van der Waals surface area contributed by atoms with Gasteiger partial charge in [0.1, 0.15) is 0 Å². The molecule has 1 aliphatic rings. The average Bonchev–Trinajstić information content (AvgIpc) is 2.82. The molecule has 0 amide bonds. The van der Waals surface area contributed by atoms with Crippen LogP contribution in [0.1, 0.15) is 11.3 Å². The molecule has 0 saturated carbocycles. The normalized spacial score (nSPS) is 16.6. The van der Waals surface area contributed by atoms with E-state index in [1.54, 1.807) is 36.5 Å². The van der Waals surface area contributed by atoms with Gasteiger partial charge in [0.25, 0.3) is 0 Å². The third-order valence-electron chi connectivity index (χ3n) is 6.20. The first-order valence-electron chi connectivity index (χ1n) is 10.6. The number of halogens is 2. The Morgan fingerprint density at radius 2 is 1.88 bits per heavy atom. The fourth-order valence-electron chi connectivity index (χ4n) is 4.42. The van der Waals surface area contributed by atoms with Gasteiger partial charge in [0.05, 0.1) is 0 Å². The van der Waals surface area contributed by atoms with Crippen LogP contribution < -0.4 is 15.8 Å². The molecular formula is C23H22ClFN5O2P. The number of anilines is 1. The number of nitrogens with one attached hydrogen (secondary N) is 1. The van der Waals surface area contributed by atoms with E-state index >= 15 is 0 Å². The minimum atomic E-state index is -3.03. The number of aromatic nitrogens is 4. The monoisotopic (exact) mass is 485 g/mol. The molecule has 0 aliphatic carbocycles. The number of H-pyrrole nitrogens is 1. The number of hydrogen-bond acceptors (Lipinski definition) is 6. The number of rotatable bonds is 4. The fourth-order valence-corrected chi connectivity index (χ4v) is 7.61. The summed E-state index contributed by atoms with van der Waals surface area (Å²) in [6.45, 7) is 1.12. The van der Waals surface area contributed by atoms with Gasteiger partial charge in [-0.05, 0) is 0 Å². The summed E-state index contributed by atoms with van der Waals surface area (Å²) in [6, 6.07) is 13.9. The second-order valence-corrected chi connectivity index (χ2v) is 12.2. The maximum atomic E-state index is 14.9. The fraction of sp³-hybridized carbons (Fsp3) is 0.217. The molecule has 0 spiro atoms. The second kappa shape index (κ2) is 8.78. The summed E-state index contributed by atoms with van der Waals surface area (Å²) in [5, 5.41) is 8.67. The van der Waals surface area contributed by atoms with Crippen LogP contribution in [0.25, 0.3) is 10.8 Å². The Hall–Kier alpha value is -2.93. The van der Waals surface area contributed by atoms with E-state index in [4.69, 9.17) is 11.6 Å². The predicted molar refractivity (Wildman–Crippen MR) is 131 cm³/mol. The molecule has 2 N–H and O–H groups in total. The summed E-state index contributed by atoms with van der Waals surface area (Å²) in [7, 11) is -3.03. The number of aromatic amines is 1. The molecule has 5 rings (SSSR count). The van der Waals surface area contributed by atoms with Crippen molar-refractivity contribution in [1.29, 1.82) is 0 Å². The van der Waals surface area contributed by atoms with Crippen LogP contribution in [0.4, 0.5) is 10.2 Å². The topological polar surface area (TPSA) is 95.0 Å². The van der Waals surface area contributed by atoms with Crippen LogP contribution in [0.3, 0.4) is 0 Å². The van der Waals surface area contributed by atoms with Gasteiger partial charge in [-0.15, -0.1) is 0 Å². The van der Waals surface area contributed by atoms with Gasteiger partial charge in [0, 0.05) is 0 Å². The van der Waals surface area contributed by atoms with Gasteiger partial charge >= 0.3 is 195 Å². The zero-order chi connectivity index (χ0) is 23.0. The maximum absolute atomic E-state index is 14.9. The van der Waals surface area contributed by atoms with E-state index in [0.29, 0.717) is 54.0 Å². The molecule has 0 radical (unpaired) electrons. The Labute approximate surface area is 194 Å². The first kappa shape index (κ1) is 21.9. The minimum absolute atomic E-state index is 0.174. The van der Waals surface area contributed by atoms with Crippen molar-refractivity contribution in [3.8, 4) is 0 Å². The molecule has 2 aromatic heterocycles. The van der Waals surface area contributed by atoms with Crippen molar-refractivity contribution in [3.63, 3.8) is 0 Å². The predicted octanol–water partition coefficient (Wildman–Crippen LogP) is 2.90. The summed E-state index contributed by atoms with van der Waals surface area (Å²) in [5.74, 6) is 0.321. The molecular weight excluding hydrogens is 464 g/mol. The summed E-state index contributed by atoms with van der Waals surface area (Å²) in [5.41, 5.74) is 1.29. The Morgan fingerprint density at radius 3 is 2.64 bits per heavy atom. The van der Waals surface area contributed by atoms with E-state index in [1.807, 2.05) is 17.0 Å². The van der Waals surface area contributed by atoms with E-state index in [2.05, 4.69) is 20.2 Å². The summed E-state index contributed by atoms with van der Waals surface area (Å²) in [4.78, 5) is 33.7. The molecule has 4 aromatic rings. The van der Waals surface area contributed by atoms with Crippen LogP contribution in [-0.2, 0) is 6.42 Å². The Kier molecular flexibility index (Phi) is 5.83. The zero-order valence-electron chi connectivity index (χ0n) is 17.6. The molecule has 0 atom stereocenters. The number of benzene rings is 2. The quantitative estimate of drug-likeness (QED) is 0.341. The molecule has 1 saturated heterocycles. The summed E-state index contributed by atoms with van der Waals surface area (Å²) in [6.07, 6.45) is 2.98. The van der Waals surface area contributed by atoms with Gasteiger partial charge in [0.2, 0.25) is 0 Å². The average molecular weight is 486 g/mol.